The first-order valence-electron chi connectivity index (χ1n) is 6.29. The molecule has 0 aromatic carbocycles. The Morgan fingerprint density at radius 1 is 1.40 bits per heavy atom. The van der Waals surface area contributed by atoms with Gasteiger partial charge >= 0.3 is 0 Å². The van der Waals surface area contributed by atoms with Gasteiger partial charge in [-0.15, -0.1) is 0 Å². The summed E-state index contributed by atoms with van der Waals surface area (Å²) in [6.07, 6.45) is 1.50. The number of aryl methyl sites for hydroxylation is 3. The maximum Gasteiger partial charge on any atom is 0.254 e. The number of carbonyl (C=O) groups excluding carboxylic acids is 1. The number of pyridine rings is 1. The largest absolute Gasteiger partial charge is 0.348 e. The third kappa shape index (κ3) is 2.82. The molecule has 2 rings (SSSR count). The lowest BCUT2D eigenvalue weighted by atomic mass is 10.2. The average molecular weight is 293 g/mol. The van der Waals surface area contributed by atoms with Gasteiger partial charge in [-0.2, -0.15) is 5.10 Å². The normalized spacial score (nSPS) is 10.7. The van der Waals surface area contributed by atoms with Gasteiger partial charge in [0.1, 0.15) is 0 Å². The van der Waals surface area contributed by atoms with Crippen LogP contribution in [-0.2, 0) is 13.6 Å². The van der Waals surface area contributed by atoms with E-state index >= 15 is 0 Å². The molecule has 0 radical (unpaired) electrons. The minimum Gasteiger partial charge on any atom is -0.348 e. The zero-order valence-electron chi connectivity index (χ0n) is 12.0. The molecule has 2 aromatic heterocycles. The SMILES string of the molecule is Cc1cc(Cl)c(C(=O)NCc2c(C)nn(C)c2C)cn1. The Hall–Kier alpha value is -1.88. The second kappa shape index (κ2) is 5.63. The smallest absolute Gasteiger partial charge is 0.254 e. The van der Waals surface area contributed by atoms with Crippen LogP contribution in [0.25, 0.3) is 0 Å². The summed E-state index contributed by atoms with van der Waals surface area (Å²) in [6.45, 7) is 6.15. The Morgan fingerprint density at radius 2 is 2.10 bits per heavy atom. The molecule has 2 heterocycles. The van der Waals surface area contributed by atoms with Crippen molar-refractivity contribution in [1.82, 2.24) is 20.1 Å². The Labute approximate surface area is 123 Å². The van der Waals surface area contributed by atoms with Crippen molar-refractivity contribution in [1.29, 1.82) is 0 Å². The van der Waals surface area contributed by atoms with Crippen molar-refractivity contribution in [2.45, 2.75) is 27.3 Å². The van der Waals surface area contributed by atoms with Gasteiger partial charge in [-0.25, -0.2) is 0 Å². The zero-order chi connectivity index (χ0) is 14.9. The number of amides is 1. The van der Waals surface area contributed by atoms with Crippen LogP contribution in [0, 0.1) is 20.8 Å². The molecule has 0 aliphatic carbocycles. The molecule has 0 atom stereocenters. The summed E-state index contributed by atoms with van der Waals surface area (Å²) < 4.78 is 1.80. The minimum absolute atomic E-state index is 0.231. The Bertz CT molecular complexity index is 663. The lowest BCUT2D eigenvalue weighted by Gasteiger charge is -2.07. The van der Waals surface area contributed by atoms with Gasteiger partial charge in [-0.05, 0) is 26.8 Å². The topological polar surface area (TPSA) is 59.8 Å². The van der Waals surface area contributed by atoms with Crippen molar-refractivity contribution in [3.05, 3.63) is 45.5 Å². The highest BCUT2D eigenvalue weighted by atomic mass is 35.5. The van der Waals surface area contributed by atoms with E-state index in [-0.39, 0.29) is 5.91 Å². The number of carbonyl (C=O) groups is 1. The highest BCUT2D eigenvalue weighted by Gasteiger charge is 2.14. The molecule has 1 N–H and O–H groups in total. The highest BCUT2D eigenvalue weighted by molar-refractivity contribution is 6.33. The van der Waals surface area contributed by atoms with Gasteiger partial charge in [-0.3, -0.25) is 14.5 Å². The summed E-state index contributed by atoms with van der Waals surface area (Å²) in [5, 5.41) is 7.58. The van der Waals surface area contributed by atoms with E-state index in [4.69, 9.17) is 11.6 Å². The number of aromatic nitrogens is 3. The predicted molar refractivity (Wildman–Crippen MR) is 77.8 cm³/mol. The first kappa shape index (κ1) is 14.5. The van der Waals surface area contributed by atoms with Crippen LogP contribution in [0.1, 0.15) is 33.0 Å². The molecule has 0 spiro atoms. The fraction of sp³-hybridized carbons (Fsp3) is 0.357. The molecule has 106 valence electrons. The van der Waals surface area contributed by atoms with E-state index in [0.717, 1.165) is 22.6 Å². The first-order chi connectivity index (χ1) is 9.40. The Balaban J connectivity index is 2.12. The Kier molecular flexibility index (Phi) is 4.09. The fourth-order valence-corrected chi connectivity index (χ4v) is 2.32. The quantitative estimate of drug-likeness (QED) is 0.944. The van der Waals surface area contributed by atoms with Crippen LogP contribution < -0.4 is 5.32 Å². The third-order valence-corrected chi connectivity index (χ3v) is 3.63. The zero-order valence-corrected chi connectivity index (χ0v) is 12.7. The third-order valence-electron chi connectivity index (χ3n) is 3.32. The van der Waals surface area contributed by atoms with Gasteiger partial charge in [0, 0.05) is 36.7 Å². The molecular formula is C14H17ClN4O. The van der Waals surface area contributed by atoms with E-state index in [0.29, 0.717) is 17.1 Å². The van der Waals surface area contributed by atoms with Gasteiger partial charge in [0.25, 0.3) is 5.91 Å². The summed E-state index contributed by atoms with van der Waals surface area (Å²) in [6, 6.07) is 1.68. The van der Waals surface area contributed by atoms with E-state index in [1.165, 1.54) is 6.20 Å². The molecule has 6 heteroatoms. The van der Waals surface area contributed by atoms with E-state index < -0.39 is 0 Å². The molecular weight excluding hydrogens is 276 g/mol. The molecule has 0 aliphatic heterocycles. The van der Waals surface area contributed by atoms with Crippen molar-refractivity contribution >= 4 is 17.5 Å². The molecule has 1 amide bonds. The standard InChI is InChI=1S/C14H17ClN4O/c1-8-5-13(15)12(7-16-8)14(20)17-6-11-9(2)18-19(4)10(11)3/h5,7H,6H2,1-4H3,(H,17,20). The molecule has 2 aromatic rings. The van der Waals surface area contributed by atoms with Gasteiger partial charge in [-0.1, -0.05) is 11.6 Å². The summed E-state index contributed by atoms with van der Waals surface area (Å²) >= 11 is 6.06. The van der Waals surface area contributed by atoms with Crippen LogP contribution in [-0.4, -0.2) is 20.7 Å². The van der Waals surface area contributed by atoms with Crippen LogP contribution in [0.3, 0.4) is 0 Å². The second-order valence-corrected chi connectivity index (χ2v) is 5.17. The minimum atomic E-state index is -0.231. The van der Waals surface area contributed by atoms with Crippen LogP contribution in [0.5, 0.6) is 0 Å². The monoisotopic (exact) mass is 292 g/mol. The lowest BCUT2D eigenvalue weighted by Crippen LogP contribution is -2.24. The Morgan fingerprint density at radius 3 is 2.65 bits per heavy atom. The lowest BCUT2D eigenvalue weighted by molar-refractivity contribution is 0.0950. The van der Waals surface area contributed by atoms with Crippen LogP contribution >= 0.6 is 11.6 Å². The maximum absolute atomic E-state index is 12.1. The van der Waals surface area contributed by atoms with Gasteiger partial charge < -0.3 is 5.32 Å². The van der Waals surface area contributed by atoms with Crippen LogP contribution in [0.15, 0.2) is 12.3 Å². The molecule has 0 unspecified atom stereocenters. The van der Waals surface area contributed by atoms with Crippen LogP contribution in [0.2, 0.25) is 5.02 Å². The van der Waals surface area contributed by atoms with Crippen molar-refractivity contribution in [3.63, 3.8) is 0 Å². The molecule has 20 heavy (non-hydrogen) atoms. The number of rotatable bonds is 3. The molecule has 0 saturated carbocycles. The van der Waals surface area contributed by atoms with Crippen molar-refractivity contribution in [2.75, 3.05) is 0 Å². The van der Waals surface area contributed by atoms with Crippen molar-refractivity contribution in [3.8, 4) is 0 Å². The van der Waals surface area contributed by atoms with Crippen LogP contribution in [0.4, 0.5) is 0 Å². The van der Waals surface area contributed by atoms with E-state index in [2.05, 4.69) is 15.4 Å². The predicted octanol–water partition coefficient (Wildman–Crippen LogP) is 2.32. The highest BCUT2D eigenvalue weighted by Crippen LogP contribution is 2.16. The van der Waals surface area contributed by atoms with E-state index in [9.17, 15) is 4.79 Å². The molecule has 0 fully saturated rings. The summed E-state index contributed by atoms with van der Waals surface area (Å²) in [4.78, 5) is 16.2. The number of nitrogens with one attached hydrogen (secondary N) is 1. The number of hydrogen-bond donors (Lipinski definition) is 1. The second-order valence-electron chi connectivity index (χ2n) is 4.76. The average Bonchev–Trinajstić information content (AvgIpc) is 2.61. The number of halogens is 1. The number of nitrogens with zero attached hydrogens (tertiary/aromatic N) is 3. The van der Waals surface area contributed by atoms with E-state index in [1.54, 1.807) is 10.7 Å². The van der Waals surface area contributed by atoms with Gasteiger partial charge in [0.2, 0.25) is 0 Å². The van der Waals surface area contributed by atoms with Crippen molar-refractivity contribution in [2.24, 2.45) is 7.05 Å². The molecule has 0 aliphatic rings. The van der Waals surface area contributed by atoms with Gasteiger partial charge in [0.05, 0.1) is 16.3 Å². The summed E-state index contributed by atoms with van der Waals surface area (Å²) in [7, 11) is 1.88. The summed E-state index contributed by atoms with van der Waals surface area (Å²) in [5.41, 5.74) is 4.15. The first-order valence-corrected chi connectivity index (χ1v) is 6.67. The number of hydrogen-bond acceptors (Lipinski definition) is 3. The molecule has 0 saturated heterocycles. The maximum atomic E-state index is 12.1. The molecule has 0 bridgehead atoms. The summed E-state index contributed by atoms with van der Waals surface area (Å²) in [5.74, 6) is -0.231. The fourth-order valence-electron chi connectivity index (χ4n) is 2.03. The van der Waals surface area contributed by atoms with E-state index in [1.807, 2.05) is 27.8 Å². The van der Waals surface area contributed by atoms with Gasteiger partial charge in [0.15, 0.2) is 0 Å². The van der Waals surface area contributed by atoms with Crippen molar-refractivity contribution < 1.29 is 4.79 Å². The molecule has 5 nitrogen and oxygen atoms in total.